The van der Waals surface area contributed by atoms with Crippen molar-refractivity contribution in [2.24, 2.45) is 0 Å². The van der Waals surface area contributed by atoms with Crippen LogP contribution in [-0.2, 0) is 19.2 Å². The van der Waals surface area contributed by atoms with Gasteiger partial charge in [-0.1, -0.05) is 24.3 Å². The number of hydrogen-bond acceptors (Lipinski definition) is 11. The number of benzene rings is 2. The van der Waals surface area contributed by atoms with E-state index in [1.807, 2.05) is 0 Å². The van der Waals surface area contributed by atoms with Crippen LogP contribution in [0, 0.1) is 0 Å². The third kappa shape index (κ3) is 9.01. The molecular formula is C30H29NO11. The molecule has 0 amide bonds. The Balaban J connectivity index is 1.48. The third-order valence-electron chi connectivity index (χ3n) is 5.64. The summed E-state index contributed by atoms with van der Waals surface area (Å²) < 4.78 is 16.2. The molecule has 1 heterocycles. The van der Waals surface area contributed by atoms with Crippen molar-refractivity contribution >= 4 is 35.7 Å². The Morgan fingerprint density at radius 1 is 0.714 bits per heavy atom. The molecule has 3 N–H and O–H groups in total. The minimum Gasteiger partial charge on any atom is -0.504 e. The first kappa shape index (κ1) is 31.0. The Morgan fingerprint density at radius 2 is 1.26 bits per heavy atom. The van der Waals surface area contributed by atoms with E-state index in [9.17, 15) is 34.5 Å². The number of aromatic nitrogens is 1. The van der Waals surface area contributed by atoms with Gasteiger partial charge in [0.05, 0.1) is 20.6 Å². The highest BCUT2D eigenvalue weighted by Crippen LogP contribution is 2.29. The summed E-state index contributed by atoms with van der Waals surface area (Å²) in [6.07, 6.45) is 4.96. The topological polar surface area (TPSA) is 171 Å². The number of allylic oxidation sites excluding steroid dienone is 2. The van der Waals surface area contributed by atoms with Crippen molar-refractivity contribution in [1.82, 2.24) is 4.73 Å². The van der Waals surface area contributed by atoms with Crippen molar-refractivity contribution in [3.63, 3.8) is 0 Å². The number of aromatic hydroxyl groups is 3. The van der Waals surface area contributed by atoms with Crippen LogP contribution in [0.2, 0.25) is 0 Å². The molecule has 0 aliphatic carbocycles. The molecule has 0 spiro atoms. The molecule has 0 saturated carbocycles. The second-order valence-corrected chi connectivity index (χ2v) is 8.75. The Hall–Kier alpha value is -5.52. The molecule has 3 rings (SSSR count). The number of carbonyl (C=O) groups is 4. The smallest absolute Gasteiger partial charge is 0.333 e. The van der Waals surface area contributed by atoms with E-state index in [0.29, 0.717) is 15.9 Å². The predicted molar refractivity (Wildman–Crippen MR) is 149 cm³/mol. The number of ketones is 2. The van der Waals surface area contributed by atoms with Gasteiger partial charge in [-0.3, -0.25) is 14.4 Å². The van der Waals surface area contributed by atoms with Gasteiger partial charge in [0, 0.05) is 25.0 Å². The molecule has 0 bridgehead atoms. The molecule has 0 fully saturated rings. The average molecular weight is 580 g/mol. The lowest BCUT2D eigenvalue weighted by Gasteiger charge is -2.10. The van der Waals surface area contributed by atoms with Crippen LogP contribution in [-0.4, -0.2) is 57.8 Å². The van der Waals surface area contributed by atoms with E-state index in [4.69, 9.17) is 19.0 Å². The first-order valence-electron chi connectivity index (χ1n) is 12.6. The highest BCUT2D eigenvalue weighted by Gasteiger charge is 2.15. The number of phenolic OH excluding ortho intramolecular Hbond substituents is 1. The maximum atomic E-state index is 12.3. The number of esters is 1. The van der Waals surface area contributed by atoms with Crippen LogP contribution < -0.4 is 19.0 Å². The molecule has 12 nitrogen and oxygen atoms in total. The molecule has 0 aliphatic rings. The zero-order valence-corrected chi connectivity index (χ0v) is 22.8. The van der Waals surface area contributed by atoms with E-state index >= 15 is 0 Å². The van der Waals surface area contributed by atoms with E-state index in [1.54, 1.807) is 24.3 Å². The summed E-state index contributed by atoms with van der Waals surface area (Å²) in [5.41, 5.74) is 1.17. The fourth-order valence-electron chi connectivity index (χ4n) is 3.53. The lowest BCUT2D eigenvalue weighted by molar-refractivity contribution is -0.145. The molecule has 0 unspecified atom stereocenters. The van der Waals surface area contributed by atoms with Gasteiger partial charge in [-0.25, -0.2) is 4.79 Å². The molecule has 1 aromatic heterocycles. The number of rotatable bonds is 14. The summed E-state index contributed by atoms with van der Waals surface area (Å²) in [5.74, 6) is -2.58. The number of methoxy groups -OCH3 is 2. The molecule has 2 aromatic carbocycles. The number of phenols is 1. The summed E-state index contributed by atoms with van der Waals surface area (Å²) >= 11 is 0. The van der Waals surface area contributed by atoms with E-state index in [2.05, 4.69) is 0 Å². The van der Waals surface area contributed by atoms with Gasteiger partial charge < -0.3 is 34.4 Å². The first-order chi connectivity index (χ1) is 20.1. The van der Waals surface area contributed by atoms with E-state index in [1.165, 1.54) is 50.7 Å². The van der Waals surface area contributed by atoms with Crippen molar-refractivity contribution < 1.29 is 53.5 Å². The second-order valence-electron chi connectivity index (χ2n) is 8.75. The monoisotopic (exact) mass is 579 g/mol. The van der Waals surface area contributed by atoms with Gasteiger partial charge in [-0.2, -0.15) is 0 Å². The first-order valence-corrected chi connectivity index (χ1v) is 12.6. The Labute approximate surface area is 240 Å². The van der Waals surface area contributed by atoms with Crippen molar-refractivity contribution in [3.8, 4) is 34.8 Å². The van der Waals surface area contributed by atoms with Crippen LogP contribution in [0.25, 0.3) is 12.2 Å². The number of carbonyl (C=O) groups excluding carboxylic acids is 4. The fourth-order valence-corrected chi connectivity index (χ4v) is 3.53. The summed E-state index contributed by atoms with van der Waals surface area (Å²) in [6.45, 7) is 0. The van der Waals surface area contributed by atoms with E-state index in [0.717, 1.165) is 12.1 Å². The van der Waals surface area contributed by atoms with Gasteiger partial charge in [-0.15, -0.1) is 4.73 Å². The molecule has 3 aromatic rings. The maximum absolute atomic E-state index is 12.3. The Morgan fingerprint density at radius 3 is 1.86 bits per heavy atom. The van der Waals surface area contributed by atoms with Gasteiger partial charge in [0.15, 0.2) is 34.6 Å². The summed E-state index contributed by atoms with van der Waals surface area (Å²) in [7, 11) is 2.79. The van der Waals surface area contributed by atoms with Crippen LogP contribution >= 0.6 is 0 Å². The van der Waals surface area contributed by atoms with E-state index in [-0.39, 0.29) is 48.7 Å². The predicted octanol–water partition coefficient (Wildman–Crippen LogP) is 3.61. The Bertz CT molecular complexity index is 1500. The van der Waals surface area contributed by atoms with Crippen molar-refractivity contribution in [1.29, 1.82) is 0 Å². The number of nitrogens with zero attached hydrogens (tertiary/aromatic N) is 1. The van der Waals surface area contributed by atoms with Crippen molar-refractivity contribution in [2.75, 3.05) is 14.2 Å². The van der Waals surface area contributed by atoms with Crippen molar-refractivity contribution in [3.05, 3.63) is 71.8 Å². The molecular weight excluding hydrogens is 550 g/mol. The van der Waals surface area contributed by atoms with Gasteiger partial charge in [0.25, 0.3) is 0 Å². The number of ether oxygens (including phenoxy) is 3. The van der Waals surface area contributed by atoms with Gasteiger partial charge in [0.2, 0.25) is 11.8 Å². The molecule has 0 atom stereocenters. The highest BCUT2D eigenvalue weighted by atomic mass is 16.7. The molecule has 12 heteroatoms. The average Bonchev–Trinajstić information content (AvgIpc) is 3.28. The normalized spacial score (nSPS) is 11.0. The molecule has 0 radical (unpaired) electrons. The van der Waals surface area contributed by atoms with Crippen LogP contribution in [0.3, 0.4) is 0 Å². The van der Waals surface area contributed by atoms with E-state index < -0.39 is 35.3 Å². The minimum absolute atomic E-state index is 0.0291. The highest BCUT2D eigenvalue weighted by molar-refractivity contribution is 6.10. The summed E-state index contributed by atoms with van der Waals surface area (Å²) in [4.78, 5) is 53.4. The quantitative estimate of drug-likeness (QED) is 0.110. The molecule has 220 valence electrons. The maximum Gasteiger partial charge on any atom is 0.333 e. The Kier molecular flexibility index (Phi) is 10.9. The lowest BCUT2D eigenvalue weighted by atomic mass is 10.1. The standard InChI is InChI=1S/C30H29NO11/c1-39-25-16-19(8-12-23(25)34)6-10-21(32)18-22(33)11-7-20-9-13-24(26(17-20)40-2)41-29(37)4-3-5-30(38)42-31-27(35)14-15-28(31)36/h6-17,34-36H,3-5,18H2,1-2H3. The fraction of sp³-hybridized carbons (Fsp3) is 0.200. The SMILES string of the molecule is COc1cc(C=CC(=O)CC(=O)C=Cc2ccc(OC(=O)CCCC(=O)On3c(O)ccc3O)c(OC)c2)ccc1O. The minimum atomic E-state index is -0.774. The summed E-state index contributed by atoms with van der Waals surface area (Å²) in [5, 5.41) is 28.6. The van der Waals surface area contributed by atoms with Crippen LogP contribution in [0.5, 0.6) is 34.8 Å². The molecule has 0 aliphatic heterocycles. The second kappa shape index (κ2) is 14.7. The largest absolute Gasteiger partial charge is 0.504 e. The zero-order valence-electron chi connectivity index (χ0n) is 22.8. The summed E-state index contributed by atoms with van der Waals surface area (Å²) in [6, 6.07) is 11.5. The van der Waals surface area contributed by atoms with Gasteiger partial charge in [-0.05, 0) is 54.0 Å². The van der Waals surface area contributed by atoms with Crippen LogP contribution in [0.1, 0.15) is 36.8 Å². The third-order valence-corrected chi connectivity index (χ3v) is 5.64. The van der Waals surface area contributed by atoms with Gasteiger partial charge in [0.1, 0.15) is 0 Å². The number of hydrogen-bond donors (Lipinski definition) is 3. The lowest BCUT2D eigenvalue weighted by Crippen LogP contribution is -2.19. The molecule has 0 saturated heterocycles. The van der Waals surface area contributed by atoms with Crippen molar-refractivity contribution in [2.45, 2.75) is 25.7 Å². The zero-order chi connectivity index (χ0) is 30.6. The van der Waals surface area contributed by atoms with Crippen LogP contribution in [0.4, 0.5) is 0 Å². The molecule has 42 heavy (non-hydrogen) atoms. The van der Waals surface area contributed by atoms with Gasteiger partial charge >= 0.3 is 11.9 Å². The van der Waals surface area contributed by atoms with Crippen LogP contribution in [0.15, 0.2) is 60.7 Å².